The van der Waals surface area contributed by atoms with E-state index in [0.29, 0.717) is 19.5 Å². The molecule has 2 rings (SSSR count). The van der Waals surface area contributed by atoms with Crippen molar-refractivity contribution in [2.24, 2.45) is 11.8 Å². The van der Waals surface area contributed by atoms with Crippen LogP contribution in [0.25, 0.3) is 0 Å². The summed E-state index contributed by atoms with van der Waals surface area (Å²) in [5.41, 5.74) is -0.305. The highest BCUT2D eigenvalue weighted by atomic mass is 16.6. The lowest BCUT2D eigenvalue weighted by Crippen LogP contribution is -2.43. The fourth-order valence-corrected chi connectivity index (χ4v) is 3.18. The number of carbonyl (C=O) groups excluding carboxylic acids is 2. The van der Waals surface area contributed by atoms with Gasteiger partial charge in [-0.2, -0.15) is 0 Å². The zero-order valence-corrected chi connectivity index (χ0v) is 14.2. The smallest absolute Gasteiger partial charge is 0.407 e. The highest BCUT2D eigenvalue weighted by molar-refractivity contribution is 5.76. The molecule has 0 aliphatic carbocycles. The first-order valence-corrected chi connectivity index (χ1v) is 8.15. The van der Waals surface area contributed by atoms with Gasteiger partial charge in [0.1, 0.15) is 6.10 Å². The Bertz CT molecular complexity index is 442. The van der Waals surface area contributed by atoms with Gasteiger partial charge in [-0.15, -0.1) is 0 Å². The van der Waals surface area contributed by atoms with Crippen LogP contribution in [0.15, 0.2) is 0 Å². The van der Waals surface area contributed by atoms with Crippen LogP contribution < -0.4 is 5.32 Å². The molecule has 6 nitrogen and oxygen atoms in total. The van der Waals surface area contributed by atoms with Gasteiger partial charge in [0.2, 0.25) is 5.91 Å². The maximum Gasteiger partial charge on any atom is 0.407 e. The van der Waals surface area contributed by atoms with Crippen LogP contribution in [0.2, 0.25) is 0 Å². The number of rotatable bonds is 6. The average molecular weight is 312 g/mol. The molecule has 0 aromatic carbocycles. The zero-order chi connectivity index (χ0) is 16.5. The summed E-state index contributed by atoms with van der Waals surface area (Å²) in [6.07, 6.45) is 0.864. The molecule has 0 bridgehead atoms. The van der Waals surface area contributed by atoms with Crippen LogP contribution in [0.4, 0.5) is 4.79 Å². The SMILES string of the molecule is CCN(C)C(=O)C[C@H](C)[C@]1(C)O[C@H]1[C@H](C)[C@@H]1CCNC(=O)O1. The van der Waals surface area contributed by atoms with Gasteiger partial charge in [-0.25, -0.2) is 4.79 Å². The van der Waals surface area contributed by atoms with Crippen molar-refractivity contribution in [1.29, 1.82) is 0 Å². The average Bonchev–Trinajstić information content (AvgIpc) is 3.19. The van der Waals surface area contributed by atoms with Crippen LogP contribution in [0.5, 0.6) is 0 Å². The second-order valence-electron chi connectivity index (χ2n) is 6.75. The summed E-state index contributed by atoms with van der Waals surface area (Å²) in [7, 11) is 1.82. The highest BCUT2D eigenvalue weighted by Crippen LogP contribution is 2.49. The van der Waals surface area contributed by atoms with Crippen molar-refractivity contribution < 1.29 is 19.1 Å². The third-order valence-corrected chi connectivity index (χ3v) is 5.27. The number of carbonyl (C=O) groups is 2. The number of epoxide rings is 1. The third-order valence-electron chi connectivity index (χ3n) is 5.27. The van der Waals surface area contributed by atoms with Crippen molar-refractivity contribution in [3.05, 3.63) is 0 Å². The van der Waals surface area contributed by atoms with E-state index in [1.165, 1.54) is 0 Å². The van der Waals surface area contributed by atoms with Gasteiger partial charge in [-0.1, -0.05) is 13.8 Å². The molecule has 2 amide bonds. The standard InChI is InChI=1S/C16H28N2O4/c1-6-18(5)13(19)9-10(2)16(4)14(22-16)11(3)12-7-8-17-15(20)21-12/h10-12,14H,6-9H2,1-5H3,(H,17,20)/t10-,11+,12-,14-,16-/m0/s1. The maximum atomic E-state index is 12.1. The summed E-state index contributed by atoms with van der Waals surface area (Å²) in [6.45, 7) is 9.50. The number of ether oxygens (including phenoxy) is 2. The van der Waals surface area contributed by atoms with E-state index in [0.717, 1.165) is 6.42 Å². The molecule has 0 radical (unpaired) electrons. The van der Waals surface area contributed by atoms with E-state index in [1.807, 2.05) is 14.0 Å². The molecule has 0 unspecified atom stereocenters. The lowest BCUT2D eigenvalue weighted by Gasteiger charge is -2.28. The number of hydrogen-bond donors (Lipinski definition) is 1. The monoisotopic (exact) mass is 312 g/mol. The largest absolute Gasteiger partial charge is 0.446 e. The normalized spacial score (nSPS) is 33.4. The maximum absolute atomic E-state index is 12.1. The Balaban J connectivity index is 1.90. The number of alkyl carbamates (subject to hydrolysis) is 1. The molecule has 0 aromatic rings. The van der Waals surface area contributed by atoms with Gasteiger partial charge >= 0.3 is 6.09 Å². The minimum Gasteiger partial charge on any atom is -0.446 e. The van der Waals surface area contributed by atoms with E-state index in [-0.39, 0.29) is 41.6 Å². The Hall–Kier alpha value is -1.30. The van der Waals surface area contributed by atoms with Crippen molar-refractivity contribution in [2.75, 3.05) is 20.1 Å². The Kier molecular flexibility index (Phi) is 5.00. The molecule has 5 atom stereocenters. The molecule has 2 heterocycles. The molecule has 0 aromatic heterocycles. The van der Waals surface area contributed by atoms with Crippen LogP contribution in [0.1, 0.15) is 40.5 Å². The minimum absolute atomic E-state index is 0.0399. The number of nitrogens with one attached hydrogen (secondary N) is 1. The van der Waals surface area contributed by atoms with Crippen molar-refractivity contribution in [2.45, 2.75) is 58.3 Å². The first kappa shape index (κ1) is 17.1. The van der Waals surface area contributed by atoms with Gasteiger partial charge < -0.3 is 19.7 Å². The van der Waals surface area contributed by atoms with Crippen LogP contribution in [-0.4, -0.2) is 54.8 Å². The van der Waals surface area contributed by atoms with Gasteiger partial charge in [-0.3, -0.25) is 4.79 Å². The Morgan fingerprint density at radius 1 is 1.50 bits per heavy atom. The van der Waals surface area contributed by atoms with Crippen molar-refractivity contribution in [3.8, 4) is 0 Å². The van der Waals surface area contributed by atoms with Crippen LogP contribution in [0.3, 0.4) is 0 Å². The van der Waals surface area contributed by atoms with E-state index >= 15 is 0 Å². The lowest BCUT2D eigenvalue weighted by atomic mass is 9.82. The fraction of sp³-hybridized carbons (Fsp3) is 0.875. The minimum atomic E-state index is -0.349. The molecule has 2 saturated heterocycles. The molecular formula is C16H28N2O4. The van der Waals surface area contributed by atoms with E-state index in [9.17, 15) is 9.59 Å². The predicted octanol–water partition coefficient (Wildman–Crippen LogP) is 1.78. The Morgan fingerprint density at radius 3 is 2.77 bits per heavy atom. The number of amides is 2. The van der Waals surface area contributed by atoms with Crippen LogP contribution in [-0.2, 0) is 14.3 Å². The zero-order valence-electron chi connectivity index (χ0n) is 14.2. The summed E-state index contributed by atoms with van der Waals surface area (Å²) in [6, 6.07) is 0. The van der Waals surface area contributed by atoms with Crippen molar-refractivity contribution >= 4 is 12.0 Å². The second-order valence-corrected chi connectivity index (χ2v) is 6.75. The predicted molar refractivity (Wildman–Crippen MR) is 82.4 cm³/mol. The molecule has 0 spiro atoms. The number of hydrogen-bond acceptors (Lipinski definition) is 4. The van der Waals surface area contributed by atoms with Crippen LogP contribution in [0, 0.1) is 11.8 Å². The third kappa shape index (κ3) is 3.37. The van der Waals surface area contributed by atoms with E-state index in [4.69, 9.17) is 9.47 Å². The molecule has 6 heteroatoms. The number of nitrogens with zero attached hydrogens (tertiary/aromatic N) is 1. The molecule has 2 fully saturated rings. The van der Waals surface area contributed by atoms with Crippen molar-refractivity contribution in [3.63, 3.8) is 0 Å². The summed E-state index contributed by atoms with van der Waals surface area (Å²) in [5.74, 6) is 0.419. The van der Waals surface area contributed by atoms with Gasteiger partial charge in [0, 0.05) is 38.9 Å². The summed E-state index contributed by atoms with van der Waals surface area (Å²) in [5, 5.41) is 2.66. The fourth-order valence-electron chi connectivity index (χ4n) is 3.18. The summed E-state index contributed by atoms with van der Waals surface area (Å²) >= 11 is 0. The summed E-state index contributed by atoms with van der Waals surface area (Å²) < 4.78 is 11.3. The van der Waals surface area contributed by atoms with E-state index < -0.39 is 0 Å². The molecular weight excluding hydrogens is 284 g/mol. The van der Waals surface area contributed by atoms with Gasteiger partial charge in [0.25, 0.3) is 0 Å². The Morgan fingerprint density at radius 2 is 2.18 bits per heavy atom. The molecule has 2 aliphatic heterocycles. The Labute approximate surface area is 132 Å². The number of cyclic esters (lactones) is 1. The van der Waals surface area contributed by atoms with E-state index in [1.54, 1.807) is 4.90 Å². The lowest BCUT2D eigenvalue weighted by molar-refractivity contribution is -0.131. The van der Waals surface area contributed by atoms with Gasteiger partial charge in [0.15, 0.2) is 0 Å². The molecule has 22 heavy (non-hydrogen) atoms. The second kappa shape index (κ2) is 6.44. The van der Waals surface area contributed by atoms with Crippen LogP contribution >= 0.6 is 0 Å². The highest BCUT2D eigenvalue weighted by Gasteiger charge is 2.60. The molecule has 126 valence electrons. The van der Waals surface area contributed by atoms with E-state index in [2.05, 4.69) is 26.1 Å². The van der Waals surface area contributed by atoms with Crippen molar-refractivity contribution in [1.82, 2.24) is 10.2 Å². The van der Waals surface area contributed by atoms with Gasteiger partial charge in [0.05, 0.1) is 11.7 Å². The van der Waals surface area contributed by atoms with Gasteiger partial charge in [-0.05, 0) is 19.8 Å². The molecule has 0 saturated carbocycles. The first-order chi connectivity index (χ1) is 10.3. The first-order valence-electron chi connectivity index (χ1n) is 8.15. The molecule has 1 N–H and O–H groups in total. The topological polar surface area (TPSA) is 71.2 Å². The quantitative estimate of drug-likeness (QED) is 0.759. The summed E-state index contributed by atoms with van der Waals surface area (Å²) in [4.78, 5) is 25.1. The molecule has 2 aliphatic rings.